The minimum atomic E-state index is -1.31. The molecule has 31 heavy (non-hydrogen) atoms. The topological polar surface area (TPSA) is 0 Å². The van der Waals surface area contributed by atoms with Gasteiger partial charge in [0.1, 0.15) is 8.80 Å². The Morgan fingerprint density at radius 2 is 1.26 bits per heavy atom. The van der Waals surface area contributed by atoms with Gasteiger partial charge in [0.05, 0.1) is 9.52 Å². The summed E-state index contributed by atoms with van der Waals surface area (Å²) in [4.78, 5) is 0. The summed E-state index contributed by atoms with van der Waals surface area (Å²) in [6, 6.07) is 43.1. The summed E-state index contributed by atoms with van der Waals surface area (Å²) in [7, 11) is -1.69. The van der Waals surface area contributed by atoms with Gasteiger partial charge in [0.15, 0.2) is 0 Å². The first-order valence-electron chi connectivity index (χ1n) is 11.5. The zero-order valence-corrected chi connectivity index (χ0v) is 21.0. The van der Waals surface area contributed by atoms with Crippen molar-refractivity contribution in [3.05, 3.63) is 126 Å². The Labute approximate surface area is 191 Å². The monoisotopic (exact) mass is 436 g/mol. The number of aryl methyl sites for hydroxylation is 2. The highest BCUT2D eigenvalue weighted by atomic mass is 28.3. The van der Waals surface area contributed by atoms with Crippen LogP contribution in [0.3, 0.4) is 0 Å². The molecule has 0 aliphatic carbocycles. The Bertz CT molecular complexity index is 1010. The molecule has 0 amide bonds. The van der Waals surface area contributed by atoms with Crippen LogP contribution in [0.2, 0.25) is 5.16 Å². The third-order valence-corrected chi connectivity index (χ3v) is 13.7. The molecule has 0 heterocycles. The predicted octanol–water partition coefficient (Wildman–Crippen LogP) is 4.18. The third-order valence-electron chi connectivity index (χ3n) is 6.25. The van der Waals surface area contributed by atoms with Crippen molar-refractivity contribution in [2.45, 2.75) is 31.4 Å². The van der Waals surface area contributed by atoms with E-state index >= 15 is 0 Å². The van der Waals surface area contributed by atoms with Crippen molar-refractivity contribution in [2.75, 3.05) is 0 Å². The first-order valence-corrected chi connectivity index (χ1v) is 14.8. The zero-order valence-electron chi connectivity index (χ0n) is 18.5. The normalized spacial score (nSPS) is 12.5. The van der Waals surface area contributed by atoms with Gasteiger partial charge in [0.25, 0.3) is 0 Å². The van der Waals surface area contributed by atoms with Gasteiger partial charge in [-0.05, 0) is 30.5 Å². The van der Waals surface area contributed by atoms with Gasteiger partial charge in [0, 0.05) is 0 Å². The van der Waals surface area contributed by atoms with E-state index in [1.54, 1.807) is 15.6 Å². The van der Waals surface area contributed by atoms with Gasteiger partial charge in [-0.3, -0.25) is 0 Å². The van der Waals surface area contributed by atoms with Crippen LogP contribution in [0.25, 0.3) is 0 Å². The molecule has 1 unspecified atom stereocenters. The molecule has 0 saturated carbocycles. The van der Waals surface area contributed by atoms with Crippen LogP contribution < -0.4 is 15.6 Å². The molecule has 0 aliphatic rings. The van der Waals surface area contributed by atoms with E-state index in [4.69, 9.17) is 0 Å². The van der Waals surface area contributed by atoms with Crippen LogP contribution in [-0.2, 0) is 6.42 Å². The standard InChI is InChI=1S/C29H32Si2/c1-24-13-11-14-25(23-24)15-12-22-29(30-26-16-5-2-6-17-26)31(27-18-7-3-8-19-27)28-20-9-4-10-21-28/h2-11,13-14,16-21,23,29,31H,12,15,22,30H2,1H3. The van der Waals surface area contributed by atoms with Gasteiger partial charge >= 0.3 is 0 Å². The summed E-state index contributed by atoms with van der Waals surface area (Å²) < 4.78 is 0. The largest absolute Gasteiger partial charge is 0.103 e. The molecule has 0 saturated heterocycles. The second kappa shape index (κ2) is 11.1. The summed E-state index contributed by atoms with van der Waals surface area (Å²) in [6.07, 6.45) is 3.79. The number of benzene rings is 4. The van der Waals surface area contributed by atoms with Crippen molar-refractivity contribution in [2.24, 2.45) is 0 Å². The maximum atomic E-state index is 2.39. The lowest BCUT2D eigenvalue weighted by molar-refractivity contribution is 0.766. The van der Waals surface area contributed by atoms with Gasteiger partial charge in [-0.25, -0.2) is 0 Å². The number of rotatable bonds is 9. The summed E-state index contributed by atoms with van der Waals surface area (Å²) in [5.41, 5.74) is 2.85. The second-order valence-corrected chi connectivity index (χ2v) is 15.1. The maximum absolute atomic E-state index is 2.39. The predicted molar refractivity (Wildman–Crippen MR) is 142 cm³/mol. The highest BCUT2D eigenvalue weighted by molar-refractivity contribution is 6.93. The summed E-state index contributed by atoms with van der Waals surface area (Å²) in [5, 5.41) is 5.62. The molecule has 0 bridgehead atoms. The van der Waals surface area contributed by atoms with Crippen LogP contribution in [0.5, 0.6) is 0 Å². The molecule has 0 spiro atoms. The molecule has 1 atom stereocenters. The van der Waals surface area contributed by atoms with E-state index in [1.807, 2.05) is 0 Å². The average Bonchev–Trinajstić information content (AvgIpc) is 2.81. The van der Waals surface area contributed by atoms with Crippen LogP contribution in [0.15, 0.2) is 115 Å². The van der Waals surface area contributed by atoms with E-state index in [1.165, 1.54) is 30.4 Å². The minimum absolute atomic E-state index is 0.379. The average molecular weight is 437 g/mol. The Balaban J connectivity index is 1.61. The van der Waals surface area contributed by atoms with E-state index in [-0.39, 0.29) is 9.52 Å². The third kappa shape index (κ3) is 6.16. The molecule has 0 fully saturated rings. The molecule has 4 rings (SSSR count). The van der Waals surface area contributed by atoms with Gasteiger partial charge < -0.3 is 0 Å². The van der Waals surface area contributed by atoms with Crippen LogP contribution in [0.1, 0.15) is 24.0 Å². The Kier molecular flexibility index (Phi) is 7.70. The van der Waals surface area contributed by atoms with Gasteiger partial charge in [-0.2, -0.15) is 0 Å². The minimum Gasteiger partial charge on any atom is -0.0669 e. The molecule has 4 aromatic carbocycles. The molecule has 156 valence electrons. The smallest absolute Gasteiger partial charge is 0.0669 e. The SMILES string of the molecule is Cc1cccc(CCCC([SiH2]c2ccccc2)[SiH](c2ccccc2)c2ccccc2)c1. The quantitative estimate of drug-likeness (QED) is 0.345. The molecule has 0 aromatic heterocycles. The molecule has 0 nitrogen and oxygen atoms in total. The summed E-state index contributed by atoms with van der Waals surface area (Å²) >= 11 is 0. The fraction of sp³-hybridized carbons (Fsp3) is 0.172. The molecule has 4 aromatic rings. The van der Waals surface area contributed by atoms with Crippen LogP contribution in [0, 0.1) is 6.92 Å². The van der Waals surface area contributed by atoms with Crippen molar-refractivity contribution < 1.29 is 0 Å². The van der Waals surface area contributed by atoms with E-state index in [9.17, 15) is 0 Å². The molecular formula is C29H32Si2. The molecule has 2 heteroatoms. The van der Waals surface area contributed by atoms with E-state index < -0.39 is 8.80 Å². The van der Waals surface area contributed by atoms with Crippen molar-refractivity contribution in [3.63, 3.8) is 0 Å². The lowest BCUT2D eigenvalue weighted by Crippen LogP contribution is -2.49. The van der Waals surface area contributed by atoms with Crippen LogP contribution in [0.4, 0.5) is 0 Å². The van der Waals surface area contributed by atoms with Crippen LogP contribution >= 0.6 is 0 Å². The highest BCUT2D eigenvalue weighted by Crippen LogP contribution is 2.20. The highest BCUT2D eigenvalue weighted by Gasteiger charge is 2.27. The fourth-order valence-electron chi connectivity index (χ4n) is 4.80. The van der Waals surface area contributed by atoms with Gasteiger partial charge in [-0.1, -0.05) is 143 Å². The molecule has 0 aliphatic heterocycles. The molecule has 0 N–H and O–H groups in total. The van der Waals surface area contributed by atoms with Crippen molar-refractivity contribution in [1.82, 2.24) is 0 Å². The first-order chi connectivity index (χ1) is 15.3. The fourth-order valence-corrected chi connectivity index (χ4v) is 13.1. The lowest BCUT2D eigenvalue weighted by atomic mass is 10.1. The van der Waals surface area contributed by atoms with E-state index in [2.05, 4.69) is 122 Å². The van der Waals surface area contributed by atoms with E-state index in [0.29, 0.717) is 0 Å². The zero-order chi connectivity index (χ0) is 21.3. The lowest BCUT2D eigenvalue weighted by Gasteiger charge is -2.27. The van der Waals surface area contributed by atoms with Crippen molar-refractivity contribution >= 4 is 33.9 Å². The number of hydrogen-bond acceptors (Lipinski definition) is 0. The molecule has 0 radical (unpaired) electrons. The second-order valence-electron chi connectivity index (χ2n) is 8.63. The van der Waals surface area contributed by atoms with Crippen molar-refractivity contribution in [3.8, 4) is 0 Å². The summed E-state index contributed by atoms with van der Waals surface area (Å²) in [6.45, 7) is 2.20. The maximum Gasteiger partial charge on any atom is 0.103 e. The summed E-state index contributed by atoms with van der Waals surface area (Å²) in [5.74, 6) is 0. The molecular weight excluding hydrogens is 404 g/mol. The Morgan fingerprint density at radius 3 is 1.84 bits per heavy atom. The Morgan fingerprint density at radius 1 is 0.677 bits per heavy atom. The van der Waals surface area contributed by atoms with Gasteiger partial charge in [-0.15, -0.1) is 0 Å². The van der Waals surface area contributed by atoms with Crippen molar-refractivity contribution in [1.29, 1.82) is 0 Å². The van der Waals surface area contributed by atoms with Crippen LogP contribution in [-0.4, -0.2) is 18.3 Å². The Hall–Kier alpha value is -2.69. The first kappa shape index (κ1) is 21.5. The van der Waals surface area contributed by atoms with E-state index in [0.717, 1.165) is 5.16 Å². The van der Waals surface area contributed by atoms with Gasteiger partial charge in [0.2, 0.25) is 0 Å². The number of hydrogen-bond donors (Lipinski definition) is 0.